The number of carbonyl (C=O) groups is 2. The van der Waals surface area contributed by atoms with Gasteiger partial charge in [-0.05, 0) is 48.0 Å². The normalized spacial score (nSPS) is 14.5. The third-order valence-electron chi connectivity index (χ3n) is 4.31. The van der Waals surface area contributed by atoms with Crippen LogP contribution in [0, 0.1) is 0 Å². The minimum absolute atomic E-state index is 0.222. The van der Waals surface area contributed by atoms with E-state index < -0.39 is 0 Å². The summed E-state index contributed by atoms with van der Waals surface area (Å²) >= 11 is 3.35. The first-order valence-corrected chi connectivity index (χ1v) is 9.66. The molecule has 0 saturated carbocycles. The molecule has 0 bridgehead atoms. The average molecular weight is 445 g/mol. The predicted octanol–water partition coefficient (Wildman–Crippen LogP) is 3.09. The highest BCUT2D eigenvalue weighted by molar-refractivity contribution is 9.10. The first-order valence-electron chi connectivity index (χ1n) is 8.86. The lowest BCUT2D eigenvalue weighted by Crippen LogP contribution is -2.44. The van der Waals surface area contributed by atoms with Crippen LogP contribution >= 0.6 is 15.9 Å². The molecule has 0 aliphatic carbocycles. The van der Waals surface area contributed by atoms with Gasteiger partial charge < -0.3 is 19.7 Å². The Kier molecular flexibility index (Phi) is 6.84. The number of halogens is 1. The Bertz CT molecular complexity index is 857. The third-order valence-corrected chi connectivity index (χ3v) is 4.84. The predicted molar refractivity (Wildman–Crippen MR) is 110 cm³/mol. The molecule has 2 aromatic rings. The van der Waals surface area contributed by atoms with Crippen molar-refractivity contribution in [1.29, 1.82) is 0 Å². The topological polar surface area (TPSA) is 67.9 Å². The van der Waals surface area contributed by atoms with Crippen molar-refractivity contribution in [3.05, 3.63) is 69.8 Å². The molecular formula is C21H21BrN2O4. The van der Waals surface area contributed by atoms with Crippen molar-refractivity contribution in [2.24, 2.45) is 0 Å². The Balaban J connectivity index is 1.86. The highest BCUT2D eigenvalue weighted by atomic mass is 79.9. The highest BCUT2D eigenvalue weighted by Gasteiger charge is 2.22. The van der Waals surface area contributed by atoms with Gasteiger partial charge in [0.1, 0.15) is 11.4 Å². The summed E-state index contributed by atoms with van der Waals surface area (Å²) in [5.41, 5.74) is 1.48. The smallest absolute Gasteiger partial charge is 0.270 e. The Morgan fingerprint density at radius 2 is 1.71 bits per heavy atom. The molecule has 0 aromatic heterocycles. The molecule has 0 radical (unpaired) electrons. The van der Waals surface area contributed by atoms with Gasteiger partial charge in [0, 0.05) is 23.1 Å². The van der Waals surface area contributed by atoms with Gasteiger partial charge in [0.05, 0.1) is 20.3 Å². The van der Waals surface area contributed by atoms with Gasteiger partial charge in [-0.3, -0.25) is 9.59 Å². The maximum Gasteiger partial charge on any atom is 0.270 e. The van der Waals surface area contributed by atoms with Gasteiger partial charge in [0.25, 0.3) is 11.8 Å². The van der Waals surface area contributed by atoms with E-state index in [-0.39, 0.29) is 17.5 Å². The van der Waals surface area contributed by atoms with Gasteiger partial charge in [-0.15, -0.1) is 0 Å². The number of amides is 2. The summed E-state index contributed by atoms with van der Waals surface area (Å²) in [6, 6.07) is 14.2. The third kappa shape index (κ3) is 5.21. The summed E-state index contributed by atoms with van der Waals surface area (Å²) in [6.07, 6.45) is 1.67. The lowest BCUT2D eigenvalue weighted by Gasteiger charge is -2.27. The van der Waals surface area contributed by atoms with Crippen LogP contribution in [0.4, 0.5) is 0 Å². The number of hydrogen-bond acceptors (Lipinski definition) is 4. The van der Waals surface area contributed by atoms with Gasteiger partial charge in [0.2, 0.25) is 0 Å². The summed E-state index contributed by atoms with van der Waals surface area (Å²) < 4.78 is 11.4. The summed E-state index contributed by atoms with van der Waals surface area (Å²) in [7, 11) is 1.59. The minimum Gasteiger partial charge on any atom is -0.497 e. The molecule has 146 valence electrons. The molecule has 1 N–H and O–H groups in total. The Morgan fingerprint density at radius 1 is 1.07 bits per heavy atom. The van der Waals surface area contributed by atoms with Crippen molar-refractivity contribution in [3.8, 4) is 5.75 Å². The zero-order chi connectivity index (χ0) is 19.9. The van der Waals surface area contributed by atoms with E-state index in [2.05, 4.69) is 21.2 Å². The number of ether oxygens (including phenoxy) is 2. The van der Waals surface area contributed by atoms with Crippen molar-refractivity contribution in [3.63, 3.8) is 0 Å². The molecule has 0 unspecified atom stereocenters. The molecule has 0 spiro atoms. The maximum atomic E-state index is 13.0. The molecule has 1 saturated heterocycles. The molecule has 0 atom stereocenters. The summed E-state index contributed by atoms with van der Waals surface area (Å²) in [6.45, 7) is 1.96. The van der Waals surface area contributed by atoms with Crippen LogP contribution in [0.25, 0.3) is 6.08 Å². The number of carbonyl (C=O) groups excluding carboxylic acids is 2. The lowest BCUT2D eigenvalue weighted by atomic mass is 10.1. The lowest BCUT2D eigenvalue weighted by molar-refractivity contribution is -0.131. The van der Waals surface area contributed by atoms with E-state index in [1.807, 2.05) is 12.1 Å². The van der Waals surface area contributed by atoms with Crippen LogP contribution < -0.4 is 10.1 Å². The zero-order valence-electron chi connectivity index (χ0n) is 15.5. The number of hydrogen-bond donors (Lipinski definition) is 1. The Hall–Kier alpha value is -2.64. The van der Waals surface area contributed by atoms with E-state index in [0.717, 1.165) is 15.8 Å². The zero-order valence-corrected chi connectivity index (χ0v) is 17.1. The summed E-state index contributed by atoms with van der Waals surface area (Å²) in [5, 5.41) is 2.77. The van der Waals surface area contributed by atoms with Crippen molar-refractivity contribution in [2.75, 3.05) is 33.4 Å². The van der Waals surface area contributed by atoms with Gasteiger partial charge in [-0.1, -0.05) is 28.1 Å². The molecule has 7 heteroatoms. The molecule has 2 aromatic carbocycles. The van der Waals surface area contributed by atoms with Crippen LogP contribution in [0.2, 0.25) is 0 Å². The van der Waals surface area contributed by atoms with Crippen molar-refractivity contribution >= 4 is 33.8 Å². The average Bonchev–Trinajstić information content (AvgIpc) is 2.74. The fourth-order valence-electron chi connectivity index (χ4n) is 2.75. The largest absolute Gasteiger partial charge is 0.497 e. The van der Waals surface area contributed by atoms with Gasteiger partial charge in [-0.2, -0.15) is 0 Å². The van der Waals surface area contributed by atoms with Crippen molar-refractivity contribution in [2.45, 2.75) is 0 Å². The van der Waals surface area contributed by atoms with E-state index in [0.29, 0.717) is 31.9 Å². The van der Waals surface area contributed by atoms with Gasteiger partial charge in [-0.25, -0.2) is 0 Å². The van der Waals surface area contributed by atoms with E-state index in [4.69, 9.17) is 9.47 Å². The molecule has 3 rings (SSSR count). The van der Waals surface area contributed by atoms with Crippen molar-refractivity contribution in [1.82, 2.24) is 10.2 Å². The summed E-state index contributed by atoms with van der Waals surface area (Å²) in [4.78, 5) is 27.3. The molecule has 28 heavy (non-hydrogen) atoms. The van der Waals surface area contributed by atoms with Crippen LogP contribution in [-0.4, -0.2) is 50.1 Å². The standard InChI is InChI=1S/C21H21BrN2O4/c1-27-18-8-2-15(3-9-18)14-19(21(26)24-10-12-28-13-11-24)23-20(25)16-4-6-17(22)7-5-16/h2-9,14H,10-13H2,1H3,(H,23,25). The molecule has 1 aliphatic rings. The molecule has 6 nitrogen and oxygen atoms in total. The van der Waals surface area contributed by atoms with Crippen LogP contribution in [0.15, 0.2) is 58.7 Å². The summed E-state index contributed by atoms with van der Waals surface area (Å²) in [5.74, 6) is 0.149. The second kappa shape index (κ2) is 9.52. The fraction of sp³-hybridized carbons (Fsp3) is 0.238. The molecular weight excluding hydrogens is 424 g/mol. The number of benzene rings is 2. The SMILES string of the molecule is COc1ccc(C=C(NC(=O)c2ccc(Br)cc2)C(=O)N2CCOCC2)cc1. The van der Waals surface area contributed by atoms with Crippen LogP contribution in [0.3, 0.4) is 0 Å². The van der Waals surface area contributed by atoms with Crippen LogP contribution in [-0.2, 0) is 9.53 Å². The minimum atomic E-state index is -0.339. The van der Waals surface area contributed by atoms with Gasteiger partial charge in [0.15, 0.2) is 0 Å². The van der Waals surface area contributed by atoms with Crippen LogP contribution in [0.5, 0.6) is 5.75 Å². The molecule has 1 aliphatic heterocycles. The monoisotopic (exact) mass is 444 g/mol. The molecule has 1 fully saturated rings. The first-order chi connectivity index (χ1) is 13.6. The highest BCUT2D eigenvalue weighted by Crippen LogP contribution is 2.16. The van der Waals surface area contributed by atoms with E-state index >= 15 is 0 Å². The first kappa shape index (κ1) is 20.1. The number of rotatable bonds is 5. The molecule has 1 heterocycles. The quantitative estimate of drug-likeness (QED) is 0.719. The molecule has 2 amide bonds. The second-order valence-electron chi connectivity index (χ2n) is 6.20. The number of nitrogens with zero attached hydrogens (tertiary/aromatic N) is 1. The van der Waals surface area contributed by atoms with Crippen molar-refractivity contribution < 1.29 is 19.1 Å². The van der Waals surface area contributed by atoms with Gasteiger partial charge >= 0.3 is 0 Å². The second-order valence-corrected chi connectivity index (χ2v) is 7.11. The maximum absolute atomic E-state index is 13.0. The van der Waals surface area contributed by atoms with E-state index in [9.17, 15) is 9.59 Å². The van der Waals surface area contributed by atoms with E-state index in [1.165, 1.54) is 0 Å². The van der Waals surface area contributed by atoms with E-state index in [1.54, 1.807) is 54.5 Å². The van der Waals surface area contributed by atoms with Crippen LogP contribution in [0.1, 0.15) is 15.9 Å². The Morgan fingerprint density at radius 3 is 2.32 bits per heavy atom. The fourth-order valence-corrected chi connectivity index (χ4v) is 3.01. The Labute approximate surface area is 172 Å². The number of nitrogens with one attached hydrogen (secondary N) is 1. The number of morpholine rings is 1. The number of methoxy groups -OCH3 is 1.